The van der Waals surface area contributed by atoms with Gasteiger partial charge in [-0.3, -0.25) is 0 Å². The summed E-state index contributed by atoms with van der Waals surface area (Å²) in [6.07, 6.45) is 0. The number of nitrogens with zero attached hydrogens (tertiary/aromatic N) is 1. The molecule has 0 aromatic rings. The van der Waals surface area contributed by atoms with Crippen LogP contribution >= 0.6 is 12.8 Å². The first-order valence-electron chi connectivity index (χ1n) is 2.37. The molecule has 1 nitrogen and oxygen atoms in total. The molecule has 0 unspecified atom stereocenters. The summed E-state index contributed by atoms with van der Waals surface area (Å²) in [7, 11) is 0. The minimum atomic E-state index is 0.539. The molecular formula is C5H11NS. The lowest BCUT2D eigenvalue weighted by atomic mass is 10.1. The Bertz CT molecular complexity index is 76.1. The fourth-order valence-electron chi connectivity index (χ4n) is 0.115. The largest absolute Gasteiger partial charge is 0.229 e. The Morgan fingerprint density at radius 3 is 2.00 bits per heavy atom. The fraction of sp³-hybridized carbons (Fsp3) is 0.800. The highest BCUT2D eigenvalue weighted by Crippen LogP contribution is 1.96. The summed E-state index contributed by atoms with van der Waals surface area (Å²) in [6.45, 7) is 6.15. The lowest BCUT2D eigenvalue weighted by Crippen LogP contribution is -1.98. The van der Waals surface area contributed by atoms with Gasteiger partial charge < -0.3 is 0 Å². The molecule has 0 bridgehead atoms. The van der Waals surface area contributed by atoms with Gasteiger partial charge in [0.1, 0.15) is 0 Å². The van der Waals surface area contributed by atoms with E-state index in [1.807, 2.05) is 6.92 Å². The molecule has 0 radical (unpaired) electrons. The average Bonchev–Trinajstić information content (AvgIpc) is 1.65. The summed E-state index contributed by atoms with van der Waals surface area (Å²) in [4.78, 5) is 0. The van der Waals surface area contributed by atoms with E-state index < -0.39 is 0 Å². The van der Waals surface area contributed by atoms with Crippen molar-refractivity contribution in [1.29, 1.82) is 0 Å². The van der Waals surface area contributed by atoms with Crippen LogP contribution in [0.2, 0.25) is 0 Å². The van der Waals surface area contributed by atoms with Crippen molar-refractivity contribution in [2.24, 2.45) is 10.3 Å². The molecule has 0 atom stereocenters. The number of hydrogen-bond donors (Lipinski definition) is 1. The van der Waals surface area contributed by atoms with E-state index in [1.165, 1.54) is 0 Å². The highest BCUT2D eigenvalue weighted by atomic mass is 32.1. The standard InChI is InChI=1S/C5H11NS/c1-4(2)5(3)6-7/h4,7H,1-3H3/b6-5-. The first-order valence-corrected chi connectivity index (χ1v) is 2.77. The Kier molecular flexibility index (Phi) is 3.09. The first-order chi connectivity index (χ1) is 3.18. The molecule has 0 aliphatic heterocycles. The topological polar surface area (TPSA) is 12.4 Å². The third kappa shape index (κ3) is 2.68. The van der Waals surface area contributed by atoms with E-state index in [1.54, 1.807) is 0 Å². The molecule has 0 N–H and O–H groups in total. The predicted octanol–water partition coefficient (Wildman–Crippen LogP) is 1.95. The fourth-order valence-corrected chi connectivity index (χ4v) is 0.346. The normalized spacial score (nSPS) is 13.0. The Balaban J connectivity index is 3.56. The van der Waals surface area contributed by atoms with Crippen LogP contribution in [-0.4, -0.2) is 5.71 Å². The van der Waals surface area contributed by atoms with Crippen molar-refractivity contribution in [3.63, 3.8) is 0 Å². The van der Waals surface area contributed by atoms with Gasteiger partial charge in [-0.1, -0.05) is 13.8 Å². The van der Waals surface area contributed by atoms with E-state index in [-0.39, 0.29) is 0 Å². The van der Waals surface area contributed by atoms with Gasteiger partial charge in [-0.2, -0.15) is 0 Å². The lowest BCUT2D eigenvalue weighted by molar-refractivity contribution is 0.883. The molecule has 0 aromatic heterocycles. The molecule has 0 rings (SSSR count). The summed E-state index contributed by atoms with van der Waals surface area (Å²) in [6, 6.07) is 0. The summed E-state index contributed by atoms with van der Waals surface area (Å²) >= 11 is 3.74. The van der Waals surface area contributed by atoms with Gasteiger partial charge in [-0.05, 0) is 25.7 Å². The SMILES string of the molecule is C/C(=N/S)C(C)C. The van der Waals surface area contributed by atoms with Crippen LogP contribution in [0.3, 0.4) is 0 Å². The summed E-state index contributed by atoms with van der Waals surface area (Å²) < 4.78 is 3.70. The number of rotatable bonds is 1. The maximum atomic E-state index is 3.74. The zero-order valence-electron chi connectivity index (χ0n) is 4.97. The van der Waals surface area contributed by atoms with Crippen molar-refractivity contribution in [3.05, 3.63) is 0 Å². The van der Waals surface area contributed by atoms with Crippen molar-refractivity contribution in [1.82, 2.24) is 0 Å². The van der Waals surface area contributed by atoms with Crippen LogP contribution < -0.4 is 0 Å². The van der Waals surface area contributed by atoms with Gasteiger partial charge >= 0.3 is 0 Å². The smallest absolute Gasteiger partial charge is 0.0253 e. The van der Waals surface area contributed by atoms with E-state index in [9.17, 15) is 0 Å². The maximum Gasteiger partial charge on any atom is 0.0253 e. The molecule has 0 aliphatic carbocycles. The first kappa shape index (κ1) is 7.02. The monoisotopic (exact) mass is 117 g/mol. The summed E-state index contributed by atoms with van der Waals surface area (Å²) in [5, 5.41) is 0. The third-order valence-corrected chi connectivity index (χ3v) is 1.31. The third-order valence-electron chi connectivity index (χ3n) is 0.993. The highest BCUT2D eigenvalue weighted by Gasteiger charge is 1.93. The van der Waals surface area contributed by atoms with E-state index >= 15 is 0 Å². The quantitative estimate of drug-likeness (QED) is 0.398. The number of thiol groups is 1. The molecule has 42 valence electrons. The highest BCUT2D eigenvalue weighted by molar-refractivity contribution is 7.79. The second kappa shape index (κ2) is 3.08. The Morgan fingerprint density at radius 1 is 1.57 bits per heavy atom. The van der Waals surface area contributed by atoms with Crippen molar-refractivity contribution in [3.8, 4) is 0 Å². The minimum Gasteiger partial charge on any atom is -0.229 e. The molecular weight excluding hydrogens is 106 g/mol. The molecule has 0 fully saturated rings. The zero-order chi connectivity index (χ0) is 5.86. The van der Waals surface area contributed by atoms with Gasteiger partial charge in [-0.15, -0.1) is 0 Å². The van der Waals surface area contributed by atoms with Crippen LogP contribution in [0.15, 0.2) is 4.40 Å². The van der Waals surface area contributed by atoms with Crippen molar-refractivity contribution >= 4 is 18.5 Å². The molecule has 0 saturated carbocycles. The molecule has 7 heavy (non-hydrogen) atoms. The van der Waals surface area contributed by atoms with Gasteiger partial charge in [0, 0.05) is 5.71 Å². The lowest BCUT2D eigenvalue weighted by Gasteiger charge is -1.97. The maximum absolute atomic E-state index is 3.74. The van der Waals surface area contributed by atoms with E-state index in [0.717, 1.165) is 5.71 Å². The summed E-state index contributed by atoms with van der Waals surface area (Å²) in [5.41, 5.74) is 1.09. The Hall–Kier alpha value is 0.0200. The minimum absolute atomic E-state index is 0.539. The van der Waals surface area contributed by atoms with Gasteiger partial charge in [0.15, 0.2) is 0 Å². The zero-order valence-corrected chi connectivity index (χ0v) is 5.87. The predicted molar refractivity (Wildman–Crippen MR) is 36.9 cm³/mol. The van der Waals surface area contributed by atoms with Gasteiger partial charge in [0.25, 0.3) is 0 Å². The van der Waals surface area contributed by atoms with Gasteiger partial charge in [-0.25, -0.2) is 4.40 Å². The van der Waals surface area contributed by atoms with E-state index in [0.29, 0.717) is 5.92 Å². The number of hydrogen-bond acceptors (Lipinski definition) is 2. The van der Waals surface area contributed by atoms with Crippen LogP contribution in [0.1, 0.15) is 20.8 Å². The molecule has 0 saturated heterocycles. The second-order valence-corrected chi connectivity index (χ2v) is 2.10. The van der Waals surface area contributed by atoms with Crippen LogP contribution in [0, 0.1) is 5.92 Å². The second-order valence-electron chi connectivity index (χ2n) is 1.90. The molecule has 0 amide bonds. The van der Waals surface area contributed by atoms with Crippen LogP contribution in [0.25, 0.3) is 0 Å². The van der Waals surface area contributed by atoms with Gasteiger partial charge in [0.05, 0.1) is 0 Å². The van der Waals surface area contributed by atoms with Crippen molar-refractivity contribution in [2.75, 3.05) is 0 Å². The van der Waals surface area contributed by atoms with Crippen molar-refractivity contribution in [2.45, 2.75) is 20.8 Å². The van der Waals surface area contributed by atoms with Crippen molar-refractivity contribution < 1.29 is 0 Å². The van der Waals surface area contributed by atoms with Gasteiger partial charge in [0.2, 0.25) is 0 Å². The van der Waals surface area contributed by atoms with E-state index in [4.69, 9.17) is 0 Å². The molecule has 0 spiro atoms. The average molecular weight is 117 g/mol. The summed E-state index contributed by atoms with van der Waals surface area (Å²) in [5.74, 6) is 0.539. The molecule has 0 aliphatic rings. The van der Waals surface area contributed by atoms with Crippen LogP contribution in [-0.2, 0) is 0 Å². The Labute approximate surface area is 50.4 Å². The molecule has 0 heterocycles. The molecule has 2 heteroatoms. The van der Waals surface area contributed by atoms with E-state index in [2.05, 4.69) is 31.1 Å². The van der Waals surface area contributed by atoms with Crippen LogP contribution in [0.4, 0.5) is 0 Å². The Morgan fingerprint density at radius 2 is 2.00 bits per heavy atom. The van der Waals surface area contributed by atoms with Crippen LogP contribution in [0.5, 0.6) is 0 Å². The molecule has 0 aromatic carbocycles.